The summed E-state index contributed by atoms with van der Waals surface area (Å²) >= 11 is 0. The Morgan fingerprint density at radius 2 is 1.90 bits per heavy atom. The first-order valence-corrected chi connectivity index (χ1v) is 6.71. The molecule has 1 atom stereocenters. The van der Waals surface area contributed by atoms with Crippen molar-refractivity contribution >= 4 is 11.8 Å². The lowest BCUT2D eigenvalue weighted by atomic mass is 10.0. The van der Waals surface area contributed by atoms with Gasteiger partial charge in [0.15, 0.2) is 5.78 Å². The summed E-state index contributed by atoms with van der Waals surface area (Å²) in [5.41, 5.74) is 0.487. The Labute approximate surface area is 124 Å². The van der Waals surface area contributed by atoms with Gasteiger partial charge in [0.05, 0.1) is 26.7 Å². The van der Waals surface area contributed by atoms with E-state index in [-0.39, 0.29) is 18.8 Å². The van der Waals surface area contributed by atoms with E-state index >= 15 is 0 Å². The quantitative estimate of drug-likeness (QED) is 0.398. The highest BCUT2D eigenvalue weighted by Gasteiger charge is 2.23. The fraction of sp³-hybridized carbons (Fsp3) is 0.467. The number of carbonyl (C=O) groups is 2. The average Bonchev–Trinajstić information content (AvgIpc) is 2.53. The van der Waals surface area contributed by atoms with E-state index in [9.17, 15) is 9.59 Å². The minimum absolute atomic E-state index is 0.0225. The highest BCUT2D eigenvalue weighted by atomic mass is 16.5. The molecule has 0 saturated heterocycles. The predicted octanol–water partition coefficient (Wildman–Crippen LogP) is 0.782. The van der Waals surface area contributed by atoms with E-state index in [4.69, 9.17) is 9.84 Å². The normalized spacial score (nSPS) is 11.8. The van der Waals surface area contributed by atoms with Gasteiger partial charge in [0, 0.05) is 12.2 Å². The summed E-state index contributed by atoms with van der Waals surface area (Å²) in [5.74, 6) is 0.00339. The van der Waals surface area contributed by atoms with Crippen LogP contribution in [0.3, 0.4) is 0 Å². The van der Waals surface area contributed by atoms with Gasteiger partial charge in [-0.05, 0) is 37.2 Å². The average molecular weight is 295 g/mol. The van der Waals surface area contributed by atoms with E-state index in [1.54, 1.807) is 31.4 Å². The monoisotopic (exact) mass is 295 g/mol. The van der Waals surface area contributed by atoms with Crippen LogP contribution < -0.4 is 10.1 Å². The molecule has 1 unspecified atom stereocenters. The largest absolute Gasteiger partial charge is 0.497 e. The molecule has 6 nitrogen and oxygen atoms in total. The van der Waals surface area contributed by atoms with Gasteiger partial charge >= 0.3 is 5.97 Å². The summed E-state index contributed by atoms with van der Waals surface area (Å²) in [6, 6.07) is 6.02. The number of aliphatic hydroxyl groups excluding tert-OH is 1. The number of carbonyl (C=O) groups excluding carboxylic acids is 2. The highest BCUT2D eigenvalue weighted by Crippen LogP contribution is 2.14. The van der Waals surface area contributed by atoms with E-state index in [2.05, 4.69) is 10.1 Å². The molecule has 21 heavy (non-hydrogen) atoms. The molecule has 2 N–H and O–H groups in total. The van der Waals surface area contributed by atoms with E-state index in [0.717, 1.165) is 0 Å². The molecule has 0 aliphatic carbocycles. The number of hydrogen-bond acceptors (Lipinski definition) is 6. The van der Waals surface area contributed by atoms with Crippen LogP contribution in [0.25, 0.3) is 0 Å². The SMILES string of the molecule is COC(=O)CC(NCCCO)C(=O)c1ccc(OC)cc1. The minimum atomic E-state index is -0.669. The van der Waals surface area contributed by atoms with Crippen LogP contribution in [0.15, 0.2) is 24.3 Å². The summed E-state index contributed by atoms with van der Waals surface area (Å²) in [4.78, 5) is 23.8. The molecule has 0 aromatic heterocycles. The van der Waals surface area contributed by atoms with Crippen molar-refractivity contribution in [2.45, 2.75) is 18.9 Å². The smallest absolute Gasteiger partial charge is 0.307 e. The maximum absolute atomic E-state index is 12.4. The van der Waals surface area contributed by atoms with Gasteiger partial charge in [0.1, 0.15) is 5.75 Å². The van der Waals surface area contributed by atoms with Gasteiger partial charge in [-0.2, -0.15) is 0 Å². The molecule has 0 radical (unpaired) electrons. The standard InChI is InChI=1S/C15H21NO5/c1-20-12-6-4-11(5-7-12)15(19)13(10-14(18)21-2)16-8-3-9-17/h4-7,13,16-17H,3,8-10H2,1-2H3. The third-order valence-corrected chi connectivity index (χ3v) is 3.02. The van der Waals surface area contributed by atoms with E-state index in [0.29, 0.717) is 24.3 Å². The lowest BCUT2D eigenvalue weighted by Crippen LogP contribution is -2.39. The molecule has 0 aliphatic heterocycles. The number of rotatable bonds is 9. The lowest BCUT2D eigenvalue weighted by molar-refractivity contribution is -0.140. The topological polar surface area (TPSA) is 84.9 Å². The van der Waals surface area contributed by atoms with Gasteiger partial charge in [-0.15, -0.1) is 0 Å². The molecule has 0 amide bonds. The second-order valence-corrected chi connectivity index (χ2v) is 4.46. The van der Waals surface area contributed by atoms with Gasteiger partial charge in [0.2, 0.25) is 0 Å². The Kier molecular flexibility index (Phi) is 7.42. The highest BCUT2D eigenvalue weighted by molar-refractivity contribution is 6.01. The first-order valence-electron chi connectivity index (χ1n) is 6.71. The maximum Gasteiger partial charge on any atom is 0.307 e. The van der Waals surface area contributed by atoms with Crippen molar-refractivity contribution in [2.75, 3.05) is 27.4 Å². The molecular formula is C15H21NO5. The van der Waals surface area contributed by atoms with Crippen molar-refractivity contribution in [1.29, 1.82) is 0 Å². The van der Waals surface area contributed by atoms with Crippen LogP contribution in [-0.4, -0.2) is 50.3 Å². The molecule has 1 rings (SSSR count). The number of ether oxygens (including phenoxy) is 2. The number of esters is 1. The lowest BCUT2D eigenvalue weighted by Gasteiger charge is -2.16. The summed E-state index contributed by atoms with van der Waals surface area (Å²) in [6.45, 7) is 0.467. The summed E-state index contributed by atoms with van der Waals surface area (Å²) < 4.78 is 9.65. The molecule has 6 heteroatoms. The van der Waals surface area contributed by atoms with E-state index in [1.807, 2.05) is 0 Å². The predicted molar refractivity (Wildman–Crippen MR) is 77.5 cm³/mol. The van der Waals surface area contributed by atoms with Crippen LogP contribution in [-0.2, 0) is 9.53 Å². The van der Waals surface area contributed by atoms with Crippen LogP contribution in [0, 0.1) is 0 Å². The van der Waals surface area contributed by atoms with Gasteiger partial charge in [0.25, 0.3) is 0 Å². The van der Waals surface area contributed by atoms with Crippen molar-refractivity contribution in [2.24, 2.45) is 0 Å². The summed E-state index contributed by atoms with van der Waals surface area (Å²) in [7, 11) is 2.83. The molecule has 0 fully saturated rings. The molecule has 0 heterocycles. The first-order chi connectivity index (χ1) is 10.1. The molecule has 0 spiro atoms. The van der Waals surface area contributed by atoms with Crippen molar-refractivity contribution in [3.05, 3.63) is 29.8 Å². The Balaban J connectivity index is 2.78. The Morgan fingerprint density at radius 1 is 1.24 bits per heavy atom. The maximum atomic E-state index is 12.4. The fourth-order valence-corrected chi connectivity index (χ4v) is 1.82. The van der Waals surface area contributed by atoms with Crippen molar-refractivity contribution in [1.82, 2.24) is 5.32 Å². The molecule has 0 saturated carbocycles. The van der Waals surface area contributed by atoms with E-state index in [1.165, 1.54) is 7.11 Å². The molecule has 116 valence electrons. The number of methoxy groups -OCH3 is 2. The van der Waals surface area contributed by atoms with Crippen LogP contribution in [0.1, 0.15) is 23.2 Å². The van der Waals surface area contributed by atoms with Gasteiger partial charge in [-0.3, -0.25) is 9.59 Å². The minimum Gasteiger partial charge on any atom is -0.497 e. The van der Waals surface area contributed by atoms with Gasteiger partial charge in [-0.25, -0.2) is 0 Å². The van der Waals surface area contributed by atoms with Crippen molar-refractivity contribution in [3.8, 4) is 5.75 Å². The van der Waals surface area contributed by atoms with Crippen LogP contribution >= 0.6 is 0 Å². The zero-order valence-electron chi connectivity index (χ0n) is 12.3. The molecule has 1 aromatic rings. The van der Waals surface area contributed by atoms with Crippen LogP contribution in [0.4, 0.5) is 0 Å². The summed E-state index contributed by atoms with van der Waals surface area (Å²) in [5, 5.41) is 11.8. The second-order valence-electron chi connectivity index (χ2n) is 4.46. The number of nitrogens with one attached hydrogen (secondary N) is 1. The zero-order valence-corrected chi connectivity index (χ0v) is 12.3. The molecular weight excluding hydrogens is 274 g/mol. The molecule has 1 aromatic carbocycles. The molecule has 0 bridgehead atoms. The van der Waals surface area contributed by atoms with Crippen molar-refractivity contribution < 1.29 is 24.2 Å². The fourth-order valence-electron chi connectivity index (χ4n) is 1.82. The van der Waals surface area contributed by atoms with Gasteiger partial charge < -0.3 is 19.9 Å². The number of ketones is 1. The Bertz CT molecular complexity index is 458. The Morgan fingerprint density at radius 3 is 2.43 bits per heavy atom. The summed E-state index contributed by atoms with van der Waals surface area (Å²) in [6.07, 6.45) is 0.459. The number of Topliss-reactive ketones (excluding diaryl/α,β-unsaturated/α-hetero) is 1. The van der Waals surface area contributed by atoms with Crippen LogP contribution in [0.5, 0.6) is 5.75 Å². The number of aliphatic hydroxyl groups is 1. The third-order valence-electron chi connectivity index (χ3n) is 3.02. The molecule has 0 aliphatic rings. The third kappa shape index (κ3) is 5.53. The Hall–Kier alpha value is -1.92. The van der Waals surface area contributed by atoms with Crippen LogP contribution in [0.2, 0.25) is 0 Å². The number of hydrogen-bond donors (Lipinski definition) is 2. The first kappa shape index (κ1) is 17.1. The number of benzene rings is 1. The zero-order chi connectivity index (χ0) is 15.7. The van der Waals surface area contributed by atoms with E-state index < -0.39 is 12.0 Å². The second kappa shape index (κ2) is 9.10. The van der Waals surface area contributed by atoms with Crippen molar-refractivity contribution in [3.63, 3.8) is 0 Å². The van der Waals surface area contributed by atoms with Gasteiger partial charge in [-0.1, -0.05) is 0 Å².